The molecule has 0 bridgehead atoms. The summed E-state index contributed by atoms with van der Waals surface area (Å²) in [6.07, 6.45) is 5.17. The van der Waals surface area contributed by atoms with Crippen LogP contribution < -0.4 is 10.6 Å². The van der Waals surface area contributed by atoms with Crippen LogP contribution in [0.5, 0.6) is 0 Å². The molecule has 0 radical (unpaired) electrons. The predicted molar refractivity (Wildman–Crippen MR) is 76.4 cm³/mol. The number of hydrogen-bond donors (Lipinski definition) is 1. The zero-order valence-electron chi connectivity index (χ0n) is 11.0. The molecule has 2 nitrogen and oxygen atoms in total. The van der Waals surface area contributed by atoms with E-state index in [9.17, 15) is 0 Å². The van der Waals surface area contributed by atoms with E-state index in [-0.39, 0.29) is 6.04 Å². The fraction of sp³-hybridized carbons (Fsp3) is 0.467. The predicted octanol–water partition coefficient (Wildman–Crippen LogP) is 3.50. The Balaban J connectivity index is 2.57. The van der Waals surface area contributed by atoms with Crippen LogP contribution in [0.3, 0.4) is 0 Å². The molecular weight excluding hydrogens is 208 g/mol. The summed E-state index contributed by atoms with van der Waals surface area (Å²) < 4.78 is 0. The largest absolute Gasteiger partial charge is 0.375 e. The summed E-state index contributed by atoms with van der Waals surface area (Å²) >= 11 is 0. The van der Waals surface area contributed by atoms with Gasteiger partial charge in [-0.05, 0) is 37.0 Å². The molecule has 1 unspecified atom stereocenters. The third-order valence-electron chi connectivity index (χ3n) is 3.10. The molecule has 17 heavy (non-hydrogen) atoms. The lowest BCUT2D eigenvalue weighted by Crippen LogP contribution is -2.18. The van der Waals surface area contributed by atoms with Crippen LogP contribution in [0.2, 0.25) is 0 Å². The average molecular weight is 232 g/mol. The van der Waals surface area contributed by atoms with E-state index in [4.69, 9.17) is 5.73 Å². The highest BCUT2D eigenvalue weighted by molar-refractivity contribution is 5.47. The van der Waals surface area contributed by atoms with Crippen molar-refractivity contribution in [2.75, 3.05) is 18.5 Å². The lowest BCUT2D eigenvalue weighted by Gasteiger charge is -2.20. The van der Waals surface area contributed by atoms with Crippen LogP contribution in [0.25, 0.3) is 0 Å². The summed E-state index contributed by atoms with van der Waals surface area (Å²) in [6, 6.07) is 8.73. The second-order valence-corrected chi connectivity index (χ2v) is 4.46. The third-order valence-corrected chi connectivity index (χ3v) is 3.10. The zero-order valence-corrected chi connectivity index (χ0v) is 11.0. The van der Waals surface area contributed by atoms with Crippen molar-refractivity contribution in [3.8, 4) is 0 Å². The Bertz CT molecular complexity index is 329. The summed E-state index contributed by atoms with van der Waals surface area (Å²) in [5.41, 5.74) is 8.46. The summed E-state index contributed by atoms with van der Waals surface area (Å²) in [5.74, 6) is 0. The van der Waals surface area contributed by atoms with E-state index in [0.717, 1.165) is 25.8 Å². The van der Waals surface area contributed by atoms with Crippen LogP contribution in [0.4, 0.5) is 5.69 Å². The number of unbranched alkanes of at least 4 members (excludes halogenated alkanes) is 1. The minimum Gasteiger partial charge on any atom is -0.375 e. The Labute approximate surface area is 105 Å². The number of nitrogens with zero attached hydrogens (tertiary/aromatic N) is 1. The van der Waals surface area contributed by atoms with E-state index in [1.807, 2.05) is 6.08 Å². The molecule has 0 aliphatic carbocycles. The van der Waals surface area contributed by atoms with Gasteiger partial charge in [0.2, 0.25) is 0 Å². The number of anilines is 1. The molecular formula is C15H24N2. The Morgan fingerprint density at radius 3 is 2.53 bits per heavy atom. The van der Waals surface area contributed by atoms with Crippen LogP contribution in [0, 0.1) is 0 Å². The molecule has 1 aromatic carbocycles. The van der Waals surface area contributed by atoms with Crippen molar-refractivity contribution in [3.05, 3.63) is 42.5 Å². The normalized spacial score (nSPS) is 12.2. The third kappa shape index (κ3) is 4.23. The standard InChI is InChI=1S/C15H24N2/c1-4-6-7-12-17(3)14-10-8-13(9-11-14)15(16)5-2/h4,8-11,15H,1,5-7,12,16H2,2-3H3. The van der Waals surface area contributed by atoms with Gasteiger partial charge in [0.15, 0.2) is 0 Å². The second-order valence-electron chi connectivity index (χ2n) is 4.46. The first-order chi connectivity index (χ1) is 8.19. The number of nitrogens with two attached hydrogens (primary N) is 1. The highest BCUT2D eigenvalue weighted by Crippen LogP contribution is 2.19. The zero-order chi connectivity index (χ0) is 12.7. The van der Waals surface area contributed by atoms with Gasteiger partial charge in [0.25, 0.3) is 0 Å². The highest BCUT2D eigenvalue weighted by Gasteiger charge is 2.04. The second kappa shape index (κ2) is 7.13. The summed E-state index contributed by atoms with van der Waals surface area (Å²) in [7, 11) is 2.12. The fourth-order valence-electron chi connectivity index (χ4n) is 1.81. The quantitative estimate of drug-likeness (QED) is 0.576. The fourth-order valence-corrected chi connectivity index (χ4v) is 1.81. The Kier molecular flexibility index (Phi) is 5.78. The van der Waals surface area contributed by atoms with Crippen molar-refractivity contribution in [3.63, 3.8) is 0 Å². The van der Waals surface area contributed by atoms with Gasteiger partial charge < -0.3 is 10.6 Å². The maximum atomic E-state index is 5.99. The first-order valence-corrected chi connectivity index (χ1v) is 6.36. The monoisotopic (exact) mass is 232 g/mol. The molecule has 0 fully saturated rings. The maximum absolute atomic E-state index is 5.99. The summed E-state index contributed by atoms with van der Waals surface area (Å²) in [6.45, 7) is 6.91. The molecule has 1 aromatic rings. The van der Waals surface area contributed by atoms with E-state index in [1.54, 1.807) is 0 Å². The summed E-state index contributed by atoms with van der Waals surface area (Å²) in [4.78, 5) is 2.27. The molecule has 0 spiro atoms. The summed E-state index contributed by atoms with van der Waals surface area (Å²) in [5, 5.41) is 0. The smallest absolute Gasteiger partial charge is 0.0363 e. The van der Waals surface area contributed by atoms with Gasteiger partial charge in [-0.25, -0.2) is 0 Å². The van der Waals surface area contributed by atoms with Gasteiger partial charge in [0, 0.05) is 25.3 Å². The Hall–Kier alpha value is -1.28. The van der Waals surface area contributed by atoms with Crippen molar-refractivity contribution in [1.82, 2.24) is 0 Å². The van der Waals surface area contributed by atoms with Crippen LogP contribution in [-0.2, 0) is 0 Å². The van der Waals surface area contributed by atoms with Crippen molar-refractivity contribution >= 4 is 5.69 Å². The van der Waals surface area contributed by atoms with Gasteiger partial charge in [-0.15, -0.1) is 6.58 Å². The molecule has 0 aromatic heterocycles. The lowest BCUT2D eigenvalue weighted by molar-refractivity contribution is 0.698. The molecule has 0 aliphatic rings. The first kappa shape index (κ1) is 13.8. The van der Waals surface area contributed by atoms with Gasteiger partial charge >= 0.3 is 0 Å². The van der Waals surface area contributed by atoms with Crippen molar-refractivity contribution in [2.24, 2.45) is 5.73 Å². The molecule has 1 rings (SSSR count). The van der Waals surface area contributed by atoms with E-state index in [2.05, 4.69) is 49.7 Å². The maximum Gasteiger partial charge on any atom is 0.0363 e. The SMILES string of the molecule is C=CCCCN(C)c1ccc(C(N)CC)cc1. The molecule has 0 amide bonds. The minimum atomic E-state index is 0.162. The molecule has 0 saturated carbocycles. The molecule has 0 saturated heterocycles. The van der Waals surface area contributed by atoms with Gasteiger partial charge in [0.1, 0.15) is 0 Å². The van der Waals surface area contributed by atoms with Crippen molar-refractivity contribution in [1.29, 1.82) is 0 Å². The van der Waals surface area contributed by atoms with Gasteiger partial charge in [-0.3, -0.25) is 0 Å². The Morgan fingerprint density at radius 1 is 1.35 bits per heavy atom. The number of allylic oxidation sites excluding steroid dienone is 1. The van der Waals surface area contributed by atoms with Crippen LogP contribution >= 0.6 is 0 Å². The van der Waals surface area contributed by atoms with Crippen LogP contribution in [-0.4, -0.2) is 13.6 Å². The molecule has 94 valence electrons. The Morgan fingerprint density at radius 2 is 2.00 bits per heavy atom. The molecule has 2 N–H and O–H groups in total. The number of benzene rings is 1. The van der Waals surface area contributed by atoms with E-state index in [1.165, 1.54) is 11.3 Å². The molecule has 0 heterocycles. The van der Waals surface area contributed by atoms with Gasteiger partial charge in [-0.1, -0.05) is 25.1 Å². The van der Waals surface area contributed by atoms with Crippen molar-refractivity contribution < 1.29 is 0 Å². The molecule has 0 aliphatic heterocycles. The van der Waals surface area contributed by atoms with E-state index >= 15 is 0 Å². The van der Waals surface area contributed by atoms with Crippen molar-refractivity contribution in [2.45, 2.75) is 32.2 Å². The van der Waals surface area contributed by atoms with Crippen LogP contribution in [0.1, 0.15) is 37.8 Å². The van der Waals surface area contributed by atoms with Crippen LogP contribution in [0.15, 0.2) is 36.9 Å². The number of rotatable bonds is 7. The topological polar surface area (TPSA) is 29.3 Å². The van der Waals surface area contributed by atoms with E-state index < -0.39 is 0 Å². The average Bonchev–Trinajstić information content (AvgIpc) is 2.38. The van der Waals surface area contributed by atoms with Gasteiger partial charge in [-0.2, -0.15) is 0 Å². The first-order valence-electron chi connectivity index (χ1n) is 6.36. The van der Waals surface area contributed by atoms with E-state index in [0.29, 0.717) is 0 Å². The minimum absolute atomic E-state index is 0.162. The lowest BCUT2D eigenvalue weighted by atomic mass is 10.1. The number of hydrogen-bond acceptors (Lipinski definition) is 2. The molecule has 2 heteroatoms. The highest BCUT2D eigenvalue weighted by atomic mass is 15.1. The van der Waals surface area contributed by atoms with Gasteiger partial charge in [0.05, 0.1) is 0 Å². The molecule has 1 atom stereocenters.